The van der Waals surface area contributed by atoms with E-state index in [0.717, 1.165) is 6.54 Å². The molecule has 0 radical (unpaired) electrons. The summed E-state index contributed by atoms with van der Waals surface area (Å²) in [5, 5.41) is 3.46. The van der Waals surface area contributed by atoms with Crippen LogP contribution in [0.15, 0.2) is 24.3 Å². The third-order valence-corrected chi connectivity index (χ3v) is 3.64. The maximum absolute atomic E-state index is 5.70. The highest BCUT2D eigenvalue weighted by Crippen LogP contribution is 2.32. The number of rotatable bonds is 6. The molecular formula is C18H27NO. The minimum atomic E-state index is 0.286. The van der Waals surface area contributed by atoms with E-state index in [0.29, 0.717) is 12.6 Å². The first-order valence-corrected chi connectivity index (χ1v) is 7.72. The number of benzene rings is 1. The van der Waals surface area contributed by atoms with E-state index >= 15 is 0 Å². The fraction of sp³-hybridized carbons (Fsp3) is 0.556. The van der Waals surface area contributed by atoms with Crippen molar-refractivity contribution in [3.8, 4) is 0 Å². The molecule has 0 atom stereocenters. The van der Waals surface area contributed by atoms with Gasteiger partial charge in [0.25, 0.3) is 0 Å². The Labute approximate surface area is 123 Å². The van der Waals surface area contributed by atoms with Crippen molar-refractivity contribution >= 4 is 5.57 Å². The molecule has 0 heterocycles. The van der Waals surface area contributed by atoms with Crippen molar-refractivity contribution in [2.45, 2.75) is 59.3 Å². The molecule has 20 heavy (non-hydrogen) atoms. The Morgan fingerprint density at radius 3 is 2.70 bits per heavy atom. The standard InChI is InChI=1S/C18H27NO/c1-13(2)19-10-9-17-8-7-16-6-5-15(11-18(16)17)12-20-14(3)4/h5-6,9,11,13-14,19H,7-8,10,12H2,1-4H3/b17-9+. The topological polar surface area (TPSA) is 21.3 Å². The zero-order valence-corrected chi connectivity index (χ0v) is 13.2. The summed E-state index contributed by atoms with van der Waals surface area (Å²) in [6.07, 6.45) is 4.98. The number of fused-ring (bicyclic) bond motifs is 1. The number of nitrogens with one attached hydrogen (secondary N) is 1. The molecule has 0 amide bonds. The zero-order chi connectivity index (χ0) is 14.5. The summed E-state index contributed by atoms with van der Waals surface area (Å²) >= 11 is 0. The molecule has 1 N–H and O–H groups in total. The lowest BCUT2D eigenvalue weighted by atomic mass is 10.0. The molecule has 0 fully saturated rings. The molecule has 0 saturated carbocycles. The molecular weight excluding hydrogens is 246 g/mol. The summed E-state index contributed by atoms with van der Waals surface area (Å²) in [7, 11) is 0. The summed E-state index contributed by atoms with van der Waals surface area (Å²) in [6, 6.07) is 7.33. The average Bonchev–Trinajstić information content (AvgIpc) is 2.79. The quantitative estimate of drug-likeness (QED) is 0.847. The molecule has 1 aliphatic carbocycles. The van der Waals surface area contributed by atoms with Gasteiger partial charge < -0.3 is 10.1 Å². The lowest BCUT2D eigenvalue weighted by Crippen LogP contribution is -2.22. The van der Waals surface area contributed by atoms with Crippen LogP contribution in [0.2, 0.25) is 0 Å². The Morgan fingerprint density at radius 1 is 1.20 bits per heavy atom. The first-order valence-electron chi connectivity index (χ1n) is 7.72. The molecule has 2 nitrogen and oxygen atoms in total. The van der Waals surface area contributed by atoms with Gasteiger partial charge in [-0.25, -0.2) is 0 Å². The fourth-order valence-electron chi connectivity index (χ4n) is 2.53. The van der Waals surface area contributed by atoms with Gasteiger partial charge in [0.2, 0.25) is 0 Å². The predicted molar refractivity (Wildman–Crippen MR) is 85.8 cm³/mol. The van der Waals surface area contributed by atoms with Crippen molar-refractivity contribution in [3.63, 3.8) is 0 Å². The maximum Gasteiger partial charge on any atom is 0.0720 e. The summed E-state index contributed by atoms with van der Waals surface area (Å²) < 4.78 is 5.70. The van der Waals surface area contributed by atoms with Crippen molar-refractivity contribution in [1.29, 1.82) is 0 Å². The third kappa shape index (κ3) is 4.19. The van der Waals surface area contributed by atoms with Crippen LogP contribution >= 0.6 is 0 Å². The smallest absolute Gasteiger partial charge is 0.0720 e. The van der Waals surface area contributed by atoms with Gasteiger partial charge in [-0.3, -0.25) is 0 Å². The summed E-state index contributed by atoms with van der Waals surface area (Å²) in [4.78, 5) is 0. The summed E-state index contributed by atoms with van der Waals surface area (Å²) in [5.41, 5.74) is 5.68. The van der Waals surface area contributed by atoms with E-state index in [2.05, 4.69) is 57.3 Å². The minimum absolute atomic E-state index is 0.286. The second-order valence-electron chi connectivity index (χ2n) is 6.14. The van der Waals surface area contributed by atoms with E-state index in [4.69, 9.17) is 4.74 Å². The number of ether oxygens (including phenoxy) is 1. The first-order chi connectivity index (χ1) is 9.56. The van der Waals surface area contributed by atoms with Crippen LogP contribution in [0.1, 0.15) is 50.8 Å². The van der Waals surface area contributed by atoms with Gasteiger partial charge in [0.15, 0.2) is 0 Å². The van der Waals surface area contributed by atoms with E-state index < -0.39 is 0 Å². The van der Waals surface area contributed by atoms with Gasteiger partial charge in [-0.05, 0) is 55.0 Å². The highest BCUT2D eigenvalue weighted by atomic mass is 16.5. The van der Waals surface area contributed by atoms with E-state index in [1.165, 1.54) is 35.1 Å². The molecule has 0 unspecified atom stereocenters. The number of allylic oxidation sites excluding steroid dienone is 1. The van der Waals surface area contributed by atoms with Crippen LogP contribution < -0.4 is 5.32 Å². The van der Waals surface area contributed by atoms with E-state index in [1.807, 2.05) is 0 Å². The molecule has 2 heteroatoms. The van der Waals surface area contributed by atoms with Crippen LogP contribution in [-0.4, -0.2) is 18.7 Å². The molecule has 1 aromatic rings. The van der Waals surface area contributed by atoms with Gasteiger partial charge in [-0.2, -0.15) is 0 Å². The molecule has 0 saturated heterocycles. The lowest BCUT2D eigenvalue weighted by molar-refractivity contribution is 0.0657. The van der Waals surface area contributed by atoms with Crippen LogP contribution in [0.5, 0.6) is 0 Å². The highest BCUT2D eigenvalue weighted by molar-refractivity contribution is 5.73. The van der Waals surface area contributed by atoms with Crippen molar-refractivity contribution < 1.29 is 4.74 Å². The van der Waals surface area contributed by atoms with Crippen LogP contribution in [0.4, 0.5) is 0 Å². The van der Waals surface area contributed by atoms with Gasteiger partial charge in [0, 0.05) is 12.6 Å². The molecule has 0 bridgehead atoms. The first kappa shape index (κ1) is 15.3. The molecule has 1 aromatic carbocycles. The molecule has 0 spiro atoms. The molecule has 110 valence electrons. The van der Waals surface area contributed by atoms with Gasteiger partial charge in [0.05, 0.1) is 12.7 Å². The van der Waals surface area contributed by atoms with E-state index in [1.54, 1.807) is 0 Å². The molecule has 1 aliphatic rings. The maximum atomic E-state index is 5.70. The molecule has 0 aliphatic heterocycles. The zero-order valence-electron chi connectivity index (χ0n) is 13.2. The average molecular weight is 273 g/mol. The second kappa shape index (κ2) is 7.05. The monoisotopic (exact) mass is 273 g/mol. The summed E-state index contributed by atoms with van der Waals surface area (Å²) in [5.74, 6) is 0. The normalized spacial score (nSPS) is 16.4. The number of hydrogen-bond donors (Lipinski definition) is 1. The fourth-order valence-corrected chi connectivity index (χ4v) is 2.53. The Morgan fingerprint density at radius 2 is 2.00 bits per heavy atom. The van der Waals surface area contributed by atoms with E-state index in [9.17, 15) is 0 Å². The summed E-state index contributed by atoms with van der Waals surface area (Å²) in [6.45, 7) is 10.2. The number of aryl methyl sites for hydroxylation is 1. The van der Waals surface area contributed by atoms with Crippen molar-refractivity contribution in [1.82, 2.24) is 5.32 Å². The molecule has 2 rings (SSSR count). The lowest BCUT2D eigenvalue weighted by Gasteiger charge is -2.10. The van der Waals surface area contributed by atoms with Gasteiger partial charge in [-0.15, -0.1) is 0 Å². The third-order valence-electron chi connectivity index (χ3n) is 3.64. The van der Waals surface area contributed by atoms with Crippen LogP contribution in [-0.2, 0) is 17.8 Å². The van der Waals surface area contributed by atoms with Gasteiger partial charge in [0.1, 0.15) is 0 Å². The SMILES string of the molecule is CC(C)NC/C=C1\CCc2ccc(COC(C)C)cc21. The van der Waals surface area contributed by atoms with Crippen molar-refractivity contribution in [3.05, 3.63) is 41.0 Å². The van der Waals surface area contributed by atoms with Crippen molar-refractivity contribution in [2.24, 2.45) is 0 Å². The Balaban J connectivity index is 2.07. The number of hydrogen-bond acceptors (Lipinski definition) is 2. The second-order valence-corrected chi connectivity index (χ2v) is 6.14. The van der Waals surface area contributed by atoms with Crippen LogP contribution in [0.25, 0.3) is 5.57 Å². The van der Waals surface area contributed by atoms with Gasteiger partial charge in [-0.1, -0.05) is 32.1 Å². The van der Waals surface area contributed by atoms with E-state index in [-0.39, 0.29) is 6.10 Å². The Kier molecular flexibility index (Phi) is 5.38. The molecule has 0 aromatic heterocycles. The van der Waals surface area contributed by atoms with Gasteiger partial charge >= 0.3 is 0 Å². The Hall–Kier alpha value is -1.12. The largest absolute Gasteiger partial charge is 0.374 e. The van der Waals surface area contributed by atoms with Crippen LogP contribution in [0.3, 0.4) is 0 Å². The predicted octanol–water partition coefficient (Wildman–Crippen LogP) is 3.94. The minimum Gasteiger partial charge on any atom is -0.374 e. The Bertz CT molecular complexity index is 474. The highest BCUT2D eigenvalue weighted by Gasteiger charge is 2.16. The van der Waals surface area contributed by atoms with Crippen LogP contribution in [0, 0.1) is 0 Å². The van der Waals surface area contributed by atoms with Crippen molar-refractivity contribution in [2.75, 3.05) is 6.54 Å².